The molecular weight excluding hydrogens is 346 g/mol. The third kappa shape index (κ3) is 4.35. The van der Waals surface area contributed by atoms with E-state index in [4.69, 9.17) is 0 Å². The summed E-state index contributed by atoms with van der Waals surface area (Å²) in [7, 11) is 0. The van der Waals surface area contributed by atoms with Crippen LogP contribution in [0.5, 0.6) is 11.5 Å². The number of nitrogens with zero attached hydrogens (tertiary/aromatic N) is 3. The second-order valence-electron chi connectivity index (χ2n) is 5.51. The van der Waals surface area contributed by atoms with E-state index < -0.39 is 5.97 Å². The number of azo groups is 1. The summed E-state index contributed by atoms with van der Waals surface area (Å²) < 4.78 is 0. The Bertz CT molecular complexity index is 1040. The van der Waals surface area contributed by atoms with Crippen LogP contribution in [0.4, 0.5) is 17.1 Å². The molecule has 3 N–H and O–H groups in total. The third-order valence-corrected chi connectivity index (χ3v) is 3.64. The SMILES string of the molecule is O=C(O)c1ccccc1N=Nc1ccc(O)c(C=Nc2ccccc2O)c1. The van der Waals surface area contributed by atoms with E-state index in [-0.39, 0.29) is 22.7 Å². The Morgan fingerprint density at radius 3 is 2.26 bits per heavy atom. The maximum atomic E-state index is 11.2. The van der Waals surface area contributed by atoms with Gasteiger partial charge in [-0.05, 0) is 42.5 Å². The normalized spacial score (nSPS) is 11.3. The fourth-order valence-corrected chi connectivity index (χ4v) is 2.27. The standard InChI is InChI=1S/C20H15N3O4/c24-18-10-9-14(22-23-16-6-2-1-5-15(16)20(26)27)11-13(18)12-21-17-7-3-4-8-19(17)25/h1-12,24-25H,(H,26,27). The lowest BCUT2D eigenvalue weighted by Crippen LogP contribution is -1.95. The molecule has 3 rings (SSSR count). The Morgan fingerprint density at radius 2 is 1.52 bits per heavy atom. The average molecular weight is 361 g/mol. The summed E-state index contributed by atoms with van der Waals surface area (Å²) in [5.41, 5.74) is 1.41. The Morgan fingerprint density at radius 1 is 0.815 bits per heavy atom. The van der Waals surface area contributed by atoms with E-state index in [0.29, 0.717) is 16.9 Å². The van der Waals surface area contributed by atoms with Gasteiger partial charge in [-0.1, -0.05) is 24.3 Å². The van der Waals surface area contributed by atoms with Gasteiger partial charge in [0.1, 0.15) is 22.9 Å². The van der Waals surface area contributed by atoms with Gasteiger partial charge in [-0.15, -0.1) is 5.11 Å². The number of phenols is 2. The molecule has 0 unspecified atom stereocenters. The molecule has 0 spiro atoms. The molecule has 0 radical (unpaired) electrons. The number of hydrogen-bond donors (Lipinski definition) is 3. The van der Waals surface area contributed by atoms with Crippen molar-refractivity contribution in [1.29, 1.82) is 0 Å². The van der Waals surface area contributed by atoms with Crippen molar-refractivity contribution in [2.75, 3.05) is 0 Å². The first-order chi connectivity index (χ1) is 13.0. The van der Waals surface area contributed by atoms with Crippen molar-refractivity contribution in [2.24, 2.45) is 15.2 Å². The zero-order chi connectivity index (χ0) is 19.2. The number of carboxylic acids is 1. The number of benzene rings is 3. The molecule has 0 bridgehead atoms. The van der Waals surface area contributed by atoms with Crippen LogP contribution < -0.4 is 0 Å². The van der Waals surface area contributed by atoms with Gasteiger partial charge in [-0.2, -0.15) is 5.11 Å². The molecule has 0 aliphatic heterocycles. The second kappa shape index (κ2) is 7.92. The van der Waals surface area contributed by atoms with E-state index in [2.05, 4.69) is 15.2 Å². The number of phenolic OH excluding ortho intramolecular Hbond substituents is 2. The van der Waals surface area contributed by atoms with Gasteiger partial charge in [-0.25, -0.2) is 4.79 Å². The summed E-state index contributed by atoms with van der Waals surface area (Å²) in [5, 5.41) is 36.9. The first kappa shape index (κ1) is 17.8. The molecule has 0 atom stereocenters. The molecule has 0 heterocycles. The quantitative estimate of drug-likeness (QED) is 0.440. The monoisotopic (exact) mass is 361 g/mol. The van der Waals surface area contributed by atoms with Crippen LogP contribution in [0.15, 0.2) is 82.0 Å². The van der Waals surface area contributed by atoms with Crippen LogP contribution in [0.2, 0.25) is 0 Å². The van der Waals surface area contributed by atoms with E-state index in [1.807, 2.05) is 0 Å². The molecule has 7 nitrogen and oxygen atoms in total. The highest BCUT2D eigenvalue weighted by Crippen LogP contribution is 2.28. The summed E-state index contributed by atoms with van der Waals surface area (Å²) in [6.45, 7) is 0. The van der Waals surface area contributed by atoms with Gasteiger partial charge < -0.3 is 15.3 Å². The van der Waals surface area contributed by atoms with Gasteiger partial charge in [-0.3, -0.25) is 4.99 Å². The minimum Gasteiger partial charge on any atom is -0.507 e. The van der Waals surface area contributed by atoms with E-state index >= 15 is 0 Å². The lowest BCUT2D eigenvalue weighted by molar-refractivity contribution is 0.0697. The molecule has 134 valence electrons. The van der Waals surface area contributed by atoms with Gasteiger partial charge in [0.05, 0.1) is 11.3 Å². The highest BCUT2D eigenvalue weighted by Gasteiger charge is 2.08. The van der Waals surface area contributed by atoms with Gasteiger partial charge in [0.2, 0.25) is 0 Å². The Hall–Kier alpha value is -4.00. The first-order valence-corrected chi connectivity index (χ1v) is 7.94. The Kier molecular flexibility index (Phi) is 5.22. The molecule has 0 amide bonds. The second-order valence-corrected chi connectivity index (χ2v) is 5.51. The molecule has 0 fully saturated rings. The van der Waals surface area contributed by atoms with Crippen LogP contribution in [0.1, 0.15) is 15.9 Å². The molecule has 7 heteroatoms. The molecule has 3 aromatic rings. The number of rotatable bonds is 5. The van der Waals surface area contributed by atoms with Gasteiger partial charge in [0.25, 0.3) is 0 Å². The fourth-order valence-electron chi connectivity index (χ4n) is 2.27. The Balaban J connectivity index is 1.88. The van der Waals surface area contributed by atoms with Crippen molar-refractivity contribution in [3.63, 3.8) is 0 Å². The zero-order valence-electron chi connectivity index (χ0n) is 14.0. The molecule has 27 heavy (non-hydrogen) atoms. The number of hydrogen-bond acceptors (Lipinski definition) is 6. The van der Waals surface area contributed by atoms with Crippen LogP contribution >= 0.6 is 0 Å². The molecular formula is C20H15N3O4. The summed E-state index contributed by atoms with van der Waals surface area (Å²) in [6, 6.07) is 17.4. The lowest BCUT2D eigenvalue weighted by Gasteiger charge is -2.02. The minimum atomic E-state index is -1.09. The lowest BCUT2D eigenvalue weighted by atomic mass is 10.2. The predicted octanol–water partition coefficient (Wildman–Crippen LogP) is 4.96. The van der Waals surface area contributed by atoms with Crippen LogP contribution in [0, 0.1) is 0 Å². The number of para-hydroxylation sites is 2. The van der Waals surface area contributed by atoms with Crippen LogP contribution in [-0.4, -0.2) is 27.5 Å². The van der Waals surface area contributed by atoms with Gasteiger partial charge >= 0.3 is 5.97 Å². The first-order valence-electron chi connectivity index (χ1n) is 7.94. The zero-order valence-corrected chi connectivity index (χ0v) is 14.0. The fraction of sp³-hybridized carbons (Fsp3) is 0. The minimum absolute atomic E-state index is 0.0148. The molecule has 0 saturated carbocycles. The summed E-state index contributed by atoms with van der Waals surface area (Å²) in [5.74, 6) is -1.08. The largest absolute Gasteiger partial charge is 0.507 e. The van der Waals surface area contributed by atoms with Crippen LogP contribution in [0.25, 0.3) is 0 Å². The molecule has 0 saturated heterocycles. The molecule has 0 aliphatic rings. The van der Waals surface area contributed by atoms with E-state index in [1.165, 1.54) is 24.4 Å². The molecule has 0 aromatic heterocycles. The van der Waals surface area contributed by atoms with Crippen LogP contribution in [-0.2, 0) is 0 Å². The topological polar surface area (TPSA) is 115 Å². The van der Waals surface area contributed by atoms with Crippen molar-refractivity contribution in [1.82, 2.24) is 0 Å². The predicted molar refractivity (Wildman–Crippen MR) is 101 cm³/mol. The van der Waals surface area contributed by atoms with Crippen molar-refractivity contribution in [3.8, 4) is 11.5 Å². The highest BCUT2D eigenvalue weighted by molar-refractivity contribution is 5.93. The number of aliphatic imine (C=N–C) groups is 1. The number of carbonyl (C=O) groups is 1. The van der Waals surface area contributed by atoms with E-state index in [9.17, 15) is 20.1 Å². The summed E-state index contributed by atoms with van der Waals surface area (Å²) >= 11 is 0. The summed E-state index contributed by atoms with van der Waals surface area (Å²) in [4.78, 5) is 15.4. The maximum Gasteiger partial charge on any atom is 0.337 e. The number of aromatic hydroxyl groups is 2. The maximum absolute atomic E-state index is 11.2. The van der Waals surface area contributed by atoms with Gasteiger partial charge in [0, 0.05) is 11.8 Å². The number of aromatic carboxylic acids is 1. The van der Waals surface area contributed by atoms with Crippen LogP contribution in [0.3, 0.4) is 0 Å². The average Bonchev–Trinajstić information content (AvgIpc) is 2.67. The van der Waals surface area contributed by atoms with Crippen molar-refractivity contribution in [2.45, 2.75) is 0 Å². The third-order valence-electron chi connectivity index (χ3n) is 3.64. The van der Waals surface area contributed by atoms with Crippen molar-refractivity contribution >= 4 is 29.2 Å². The molecule has 3 aromatic carbocycles. The van der Waals surface area contributed by atoms with Gasteiger partial charge in [0.15, 0.2) is 0 Å². The number of carboxylic acid groups (broad SMARTS) is 1. The van der Waals surface area contributed by atoms with E-state index in [0.717, 1.165) is 0 Å². The van der Waals surface area contributed by atoms with Crippen molar-refractivity contribution in [3.05, 3.63) is 77.9 Å². The Labute approximate surface area is 154 Å². The summed E-state index contributed by atoms with van der Waals surface area (Å²) in [6.07, 6.45) is 1.40. The van der Waals surface area contributed by atoms with Crippen molar-refractivity contribution < 1.29 is 20.1 Å². The smallest absolute Gasteiger partial charge is 0.337 e. The highest BCUT2D eigenvalue weighted by atomic mass is 16.4. The van der Waals surface area contributed by atoms with E-state index in [1.54, 1.807) is 48.5 Å². The molecule has 0 aliphatic carbocycles.